The number of nitrogens with one attached hydrogen (secondary N) is 1. The summed E-state index contributed by atoms with van der Waals surface area (Å²) in [5.74, 6) is 0.674. The Morgan fingerprint density at radius 3 is 2.39 bits per heavy atom. The number of amides is 1. The van der Waals surface area contributed by atoms with Gasteiger partial charge in [0.1, 0.15) is 6.10 Å². The summed E-state index contributed by atoms with van der Waals surface area (Å²) in [5.41, 5.74) is 2.87. The van der Waals surface area contributed by atoms with E-state index in [-0.39, 0.29) is 11.8 Å². The molecule has 0 aromatic heterocycles. The van der Waals surface area contributed by atoms with Gasteiger partial charge in [0, 0.05) is 6.54 Å². The first-order chi connectivity index (χ1) is 13.1. The summed E-state index contributed by atoms with van der Waals surface area (Å²) in [6, 6.07) is 1.82. The Morgan fingerprint density at radius 2 is 1.86 bits per heavy atom. The maximum absolute atomic E-state index is 12.5. The molecule has 2 heterocycles. The van der Waals surface area contributed by atoms with Crippen molar-refractivity contribution in [1.82, 2.24) is 5.32 Å². The minimum absolute atomic E-state index is 0.192. The number of fused-ring (bicyclic) bond motifs is 1. The molecular weight excluding hydrogens is 357 g/mol. The van der Waals surface area contributed by atoms with Gasteiger partial charge in [0.15, 0.2) is 0 Å². The molecule has 28 heavy (non-hydrogen) atoms. The second kappa shape index (κ2) is 6.56. The molecule has 1 aromatic rings. The predicted molar refractivity (Wildman–Crippen MR) is 107 cm³/mol. The molecule has 1 saturated heterocycles. The zero-order chi connectivity index (χ0) is 20.4. The number of aliphatic hydroxyl groups excluding tert-OH is 2. The average Bonchev–Trinajstić information content (AvgIpc) is 3.37. The van der Waals surface area contributed by atoms with Gasteiger partial charge in [0.2, 0.25) is 0 Å². The molecule has 1 amide bonds. The van der Waals surface area contributed by atoms with Crippen molar-refractivity contribution in [3.05, 3.63) is 28.3 Å². The van der Waals surface area contributed by atoms with Crippen molar-refractivity contribution >= 4 is 18.5 Å². The molecule has 6 nitrogen and oxygen atoms in total. The first-order valence-corrected chi connectivity index (χ1v) is 10.2. The third kappa shape index (κ3) is 3.00. The fourth-order valence-electron chi connectivity index (χ4n) is 4.41. The maximum Gasteiger partial charge on any atom is 0.495 e. The standard InChI is InChI=1S/C21H30BNO5/c1-11(12-6-7-12)17-14-9-23-19(26)18(14)13(16(25)10-24)8-15(17)22-27-20(2,3)21(4,5)28-22/h8,11-12,16,24-25H,6-7,9-10H2,1-5H3,(H,23,26)/t11-,16?/m0/s1. The van der Waals surface area contributed by atoms with Crippen LogP contribution in [0.5, 0.6) is 0 Å². The molecule has 7 heteroatoms. The quantitative estimate of drug-likeness (QED) is 0.671. The van der Waals surface area contributed by atoms with E-state index in [9.17, 15) is 15.0 Å². The molecule has 2 atom stereocenters. The molecule has 2 aliphatic heterocycles. The molecule has 152 valence electrons. The zero-order valence-corrected chi connectivity index (χ0v) is 17.3. The van der Waals surface area contributed by atoms with Crippen molar-refractivity contribution in [2.24, 2.45) is 5.92 Å². The average molecular weight is 387 g/mol. The van der Waals surface area contributed by atoms with Gasteiger partial charge in [-0.1, -0.05) is 13.0 Å². The van der Waals surface area contributed by atoms with Crippen LogP contribution in [0.2, 0.25) is 0 Å². The molecule has 1 unspecified atom stereocenters. The Morgan fingerprint density at radius 1 is 1.25 bits per heavy atom. The van der Waals surface area contributed by atoms with Crippen molar-refractivity contribution < 1.29 is 24.3 Å². The molecule has 3 aliphatic rings. The highest BCUT2D eigenvalue weighted by molar-refractivity contribution is 6.62. The van der Waals surface area contributed by atoms with Crippen LogP contribution in [-0.4, -0.2) is 41.0 Å². The summed E-state index contributed by atoms with van der Waals surface area (Å²) in [6.45, 7) is 10.2. The Bertz CT molecular complexity index is 802. The number of benzene rings is 1. The molecule has 1 saturated carbocycles. The molecule has 4 rings (SSSR count). The van der Waals surface area contributed by atoms with Crippen LogP contribution in [-0.2, 0) is 15.9 Å². The zero-order valence-electron chi connectivity index (χ0n) is 17.3. The third-order valence-electron chi connectivity index (χ3n) is 7.01. The first kappa shape index (κ1) is 19.9. The van der Waals surface area contributed by atoms with Crippen molar-refractivity contribution in [3.63, 3.8) is 0 Å². The molecule has 0 spiro atoms. The third-order valence-corrected chi connectivity index (χ3v) is 7.01. The molecule has 1 aliphatic carbocycles. The molecular formula is C21H30BNO5. The Hall–Kier alpha value is -1.41. The summed E-state index contributed by atoms with van der Waals surface area (Å²) >= 11 is 0. The molecule has 2 fully saturated rings. The van der Waals surface area contributed by atoms with E-state index in [0.29, 0.717) is 23.6 Å². The fourth-order valence-corrected chi connectivity index (χ4v) is 4.41. The summed E-state index contributed by atoms with van der Waals surface area (Å²) in [4.78, 5) is 12.5. The predicted octanol–water partition coefficient (Wildman–Crippen LogP) is 1.77. The Labute approximate surface area is 166 Å². The number of rotatable bonds is 5. The largest absolute Gasteiger partial charge is 0.495 e. The van der Waals surface area contributed by atoms with Crippen LogP contribution < -0.4 is 10.8 Å². The second-order valence-electron chi connectivity index (χ2n) is 9.42. The van der Waals surface area contributed by atoms with Crippen LogP contribution in [0.4, 0.5) is 0 Å². The van der Waals surface area contributed by atoms with Gasteiger partial charge in [-0.15, -0.1) is 0 Å². The highest BCUT2D eigenvalue weighted by atomic mass is 16.7. The van der Waals surface area contributed by atoms with Crippen LogP contribution in [0.1, 0.15) is 86.5 Å². The Kier molecular flexibility index (Phi) is 4.66. The van der Waals surface area contributed by atoms with E-state index in [1.54, 1.807) is 0 Å². The molecule has 0 bridgehead atoms. The smallest absolute Gasteiger partial charge is 0.399 e. The van der Waals surface area contributed by atoms with Gasteiger partial charge < -0.3 is 24.8 Å². The summed E-state index contributed by atoms with van der Waals surface area (Å²) in [6.07, 6.45) is 1.24. The monoisotopic (exact) mass is 387 g/mol. The lowest BCUT2D eigenvalue weighted by Crippen LogP contribution is -2.41. The van der Waals surface area contributed by atoms with Crippen LogP contribution in [0, 0.1) is 5.92 Å². The summed E-state index contributed by atoms with van der Waals surface area (Å²) in [5, 5.41) is 22.9. The van der Waals surface area contributed by atoms with Crippen LogP contribution >= 0.6 is 0 Å². The highest BCUT2D eigenvalue weighted by Gasteiger charge is 2.53. The highest BCUT2D eigenvalue weighted by Crippen LogP contribution is 2.45. The van der Waals surface area contributed by atoms with Crippen LogP contribution in [0.25, 0.3) is 0 Å². The van der Waals surface area contributed by atoms with Crippen molar-refractivity contribution in [1.29, 1.82) is 0 Å². The molecule has 1 aromatic carbocycles. The van der Waals surface area contributed by atoms with Crippen LogP contribution in [0.3, 0.4) is 0 Å². The van der Waals surface area contributed by atoms with Gasteiger partial charge in [-0.05, 0) is 74.5 Å². The lowest BCUT2D eigenvalue weighted by molar-refractivity contribution is 0.00578. The molecule has 3 N–H and O–H groups in total. The normalized spacial score (nSPS) is 24.8. The minimum atomic E-state index is -1.12. The van der Waals surface area contributed by atoms with E-state index in [0.717, 1.165) is 16.6 Å². The maximum atomic E-state index is 12.5. The summed E-state index contributed by atoms with van der Waals surface area (Å²) < 4.78 is 12.6. The van der Waals surface area contributed by atoms with E-state index in [2.05, 4.69) is 12.2 Å². The molecule has 0 radical (unpaired) electrons. The van der Waals surface area contributed by atoms with Crippen LogP contribution in [0.15, 0.2) is 6.07 Å². The van der Waals surface area contributed by atoms with Crippen molar-refractivity contribution in [3.8, 4) is 0 Å². The fraction of sp³-hybridized carbons (Fsp3) is 0.667. The van der Waals surface area contributed by atoms with E-state index in [4.69, 9.17) is 9.31 Å². The van der Waals surface area contributed by atoms with Gasteiger partial charge >= 0.3 is 7.12 Å². The first-order valence-electron chi connectivity index (χ1n) is 10.2. The SMILES string of the molecule is C[C@H](c1c(B2OC(C)(C)C(C)(C)O2)cc(C(O)CO)c2c1CNC2=O)C1CC1. The number of carbonyl (C=O) groups is 1. The summed E-state index contributed by atoms with van der Waals surface area (Å²) in [7, 11) is -0.577. The van der Waals surface area contributed by atoms with E-state index in [1.807, 2.05) is 33.8 Å². The lowest BCUT2D eigenvalue weighted by Gasteiger charge is -2.32. The van der Waals surface area contributed by atoms with Crippen molar-refractivity contribution in [2.45, 2.75) is 77.2 Å². The lowest BCUT2D eigenvalue weighted by atomic mass is 9.69. The van der Waals surface area contributed by atoms with Gasteiger partial charge in [0.05, 0.1) is 23.4 Å². The van der Waals surface area contributed by atoms with Gasteiger partial charge in [0.25, 0.3) is 5.91 Å². The second-order valence-corrected chi connectivity index (χ2v) is 9.42. The minimum Gasteiger partial charge on any atom is -0.399 e. The number of carbonyl (C=O) groups excluding carboxylic acids is 1. The van der Waals surface area contributed by atoms with E-state index < -0.39 is 31.0 Å². The number of hydrogen-bond acceptors (Lipinski definition) is 5. The van der Waals surface area contributed by atoms with E-state index >= 15 is 0 Å². The number of aliphatic hydroxyl groups is 2. The van der Waals surface area contributed by atoms with Gasteiger partial charge in [-0.25, -0.2) is 0 Å². The number of hydrogen-bond donors (Lipinski definition) is 3. The van der Waals surface area contributed by atoms with E-state index in [1.165, 1.54) is 12.8 Å². The topological polar surface area (TPSA) is 88.0 Å². The van der Waals surface area contributed by atoms with Gasteiger partial charge in [-0.3, -0.25) is 4.79 Å². The Balaban J connectivity index is 1.90. The van der Waals surface area contributed by atoms with Crippen molar-refractivity contribution in [2.75, 3.05) is 6.61 Å². The van der Waals surface area contributed by atoms with Gasteiger partial charge in [-0.2, -0.15) is 0 Å².